The summed E-state index contributed by atoms with van der Waals surface area (Å²) in [6.07, 6.45) is 1.94. The molecular formula is C29H29N3O3S2. The van der Waals surface area contributed by atoms with Crippen LogP contribution in [0.25, 0.3) is 11.8 Å². The van der Waals surface area contributed by atoms with E-state index in [1.807, 2.05) is 23.6 Å². The van der Waals surface area contributed by atoms with Gasteiger partial charge in [-0.1, -0.05) is 23.5 Å². The van der Waals surface area contributed by atoms with Gasteiger partial charge in [0.25, 0.3) is 5.56 Å². The first-order valence-electron chi connectivity index (χ1n) is 12.2. The largest absolute Gasteiger partial charge is 0.463 e. The number of thiophene rings is 1. The van der Waals surface area contributed by atoms with Crippen molar-refractivity contribution in [3.63, 3.8) is 0 Å². The first-order valence-corrected chi connectivity index (χ1v) is 13.9. The molecule has 0 spiro atoms. The van der Waals surface area contributed by atoms with Gasteiger partial charge >= 0.3 is 5.97 Å². The van der Waals surface area contributed by atoms with Gasteiger partial charge in [0, 0.05) is 22.0 Å². The number of nitrogens with zero attached hydrogens (tertiary/aromatic N) is 3. The van der Waals surface area contributed by atoms with Gasteiger partial charge in [0.1, 0.15) is 6.04 Å². The minimum Gasteiger partial charge on any atom is -0.463 e. The number of allylic oxidation sites excluding steroid dienone is 1. The van der Waals surface area contributed by atoms with E-state index in [1.165, 1.54) is 33.8 Å². The predicted octanol–water partition coefficient (Wildman–Crippen LogP) is 4.88. The molecule has 4 aromatic rings. The van der Waals surface area contributed by atoms with Crippen LogP contribution in [0, 0.1) is 27.7 Å². The van der Waals surface area contributed by atoms with Crippen LogP contribution in [0.5, 0.6) is 0 Å². The second-order valence-corrected chi connectivity index (χ2v) is 11.3. The third kappa shape index (κ3) is 4.45. The summed E-state index contributed by atoms with van der Waals surface area (Å²) >= 11 is 2.86. The van der Waals surface area contributed by atoms with E-state index in [2.05, 4.69) is 61.5 Å². The second kappa shape index (κ2) is 9.76. The van der Waals surface area contributed by atoms with Crippen LogP contribution in [0.15, 0.2) is 62.8 Å². The van der Waals surface area contributed by atoms with Crippen LogP contribution in [-0.2, 0) is 9.53 Å². The fourth-order valence-corrected chi connectivity index (χ4v) is 6.92. The van der Waals surface area contributed by atoms with E-state index in [1.54, 1.807) is 18.4 Å². The summed E-state index contributed by atoms with van der Waals surface area (Å²) in [5.74, 6) is -0.437. The molecule has 0 saturated carbocycles. The maximum absolute atomic E-state index is 13.8. The van der Waals surface area contributed by atoms with Gasteiger partial charge in [0.05, 0.1) is 22.4 Å². The molecule has 1 aliphatic rings. The van der Waals surface area contributed by atoms with Gasteiger partial charge in [0.2, 0.25) is 0 Å². The number of carbonyl (C=O) groups excluding carboxylic acids is 1. The number of hydrogen-bond donors (Lipinski definition) is 0. The third-order valence-electron chi connectivity index (χ3n) is 6.55. The Morgan fingerprint density at radius 1 is 1.11 bits per heavy atom. The van der Waals surface area contributed by atoms with Crippen molar-refractivity contribution in [1.82, 2.24) is 9.13 Å². The molecule has 6 nitrogen and oxygen atoms in total. The van der Waals surface area contributed by atoms with Crippen LogP contribution in [0.2, 0.25) is 0 Å². The van der Waals surface area contributed by atoms with E-state index in [0.29, 0.717) is 20.6 Å². The highest BCUT2D eigenvalue weighted by Crippen LogP contribution is 2.33. The van der Waals surface area contributed by atoms with E-state index in [-0.39, 0.29) is 12.2 Å². The van der Waals surface area contributed by atoms with Crippen molar-refractivity contribution in [3.05, 3.63) is 106 Å². The van der Waals surface area contributed by atoms with Crippen molar-refractivity contribution in [2.45, 2.75) is 47.6 Å². The average molecular weight is 532 g/mol. The lowest BCUT2D eigenvalue weighted by Gasteiger charge is -2.23. The van der Waals surface area contributed by atoms with Crippen molar-refractivity contribution >= 4 is 34.7 Å². The van der Waals surface area contributed by atoms with Gasteiger partial charge in [-0.05, 0) is 94.0 Å². The van der Waals surface area contributed by atoms with Crippen LogP contribution >= 0.6 is 22.7 Å². The van der Waals surface area contributed by atoms with Crippen molar-refractivity contribution in [3.8, 4) is 5.69 Å². The molecule has 0 radical (unpaired) electrons. The predicted molar refractivity (Wildman–Crippen MR) is 149 cm³/mol. The zero-order valence-electron chi connectivity index (χ0n) is 21.8. The molecule has 37 heavy (non-hydrogen) atoms. The molecule has 0 aliphatic carbocycles. The summed E-state index contributed by atoms with van der Waals surface area (Å²) in [5, 5.41) is 1.95. The number of aryl methyl sites for hydroxylation is 3. The molecule has 0 N–H and O–H groups in total. The molecule has 190 valence electrons. The Morgan fingerprint density at radius 2 is 1.84 bits per heavy atom. The van der Waals surface area contributed by atoms with Crippen LogP contribution in [0.1, 0.15) is 52.8 Å². The Morgan fingerprint density at radius 3 is 2.49 bits per heavy atom. The maximum atomic E-state index is 13.8. The SMILES string of the molecule is CCOC(=O)C1=C(C)N=c2s/c(=C/c3cc(C)n(-c4cc(C)cc(C)c4)c3C)c(=O)n2[C@H]1c1cccs1. The molecular weight excluding hydrogens is 502 g/mol. The summed E-state index contributed by atoms with van der Waals surface area (Å²) in [5.41, 5.74) is 7.50. The first kappa shape index (κ1) is 25.2. The molecule has 0 amide bonds. The highest BCUT2D eigenvalue weighted by Gasteiger charge is 2.33. The number of carbonyl (C=O) groups is 1. The number of ether oxygens (including phenoxy) is 1. The highest BCUT2D eigenvalue weighted by atomic mass is 32.1. The summed E-state index contributed by atoms with van der Waals surface area (Å²) < 4.78 is 9.80. The van der Waals surface area contributed by atoms with Gasteiger partial charge in [-0.25, -0.2) is 9.79 Å². The molecule has 8 heteroatoms. The fraction of sp³-hybridized carbons (Fsp3) is 0.276. The van der Waals surface area contributed by atoms with E-state index < -0.39 is 12.0 Å². The lowest BCUT2D eigenvalue weighted by atomic mass is 10.0. The first-order chi connectivity index (χ1) is 17.7. The second-order valence-electron chi connectivity index (χ2n) is 9.33. The van der Waals surface area contributed by atoms with Gasteiger partial charge in [-0.2, -0.15) is 0 Å². The zero-order chi connectivity index (χ0) is 26.4. The summed E-state index contributed by atoms with van der Waals surface area (Å²) in [7, 11) is 0. The Labute approximate surface area is 223 Å². The summed E-state index contributed by atoms with van der Waals surface area (Å²) in [4.78, 5) is 32.9. The lowest BCUT2D eigenvalue weighted by Crippen LogP contribution is -2.39. The highest BCUT2D eigenvalue weighted by molar-refractivity contribution is 7.10. The lowest BCUT2D eigenvalue weighted by molar-refractivity contribution is -0.139. The Hall–Kier alpha value is -3.49. The third-order valence-corrected chi connectivity index (χ3v) is 8.46. The normalized spacial score (nSPS) is 15.6. The quantitative estimate of drug-likeness (QED) is 0.345. The van der Waals surface area contributed by atoms with Gasteiger partial charge in [-0.3, -0.25) is 9.36 Å². The van der Waals surface area contributed by atoms with Gasteiger partial charge < -0.3 is 9.30 Å². The van der Waals surface area contributed by atoms with E-state index in [4.69, 9.17) is 4.74 Å². The molecule has 5 rings (SSSR count). The summed E-state index contributed by atoms with van der Waals surface area (Å²) in [6.45, 7) is 12.2. The molecule has 0 fully saturated rings. The molecule has 0 saturated heterocycles. The zero-order valence-corrected chi connectivity index (χ0v) is 23.4. The number of rotatable bonds is 5. The van der Waals surface area contributed by atoms with Crippen molar-refractivity contribution in [2.24, 2.45) is 4.99 Å². The number of thiazole rings is 1. The Balaban J connectivity index is 1.68. The van der Waals surface area contributed by atoms with Crippen molar-refractivity contribution in [1.29, 1.82) is 0 Å². The summed E-state index contributed by atoms with van der Waals surface area (Å²) in [6, 6.07) is 11.9. The Bertz CT molecular complexity index is 1710. The minimum absolute atomic E-state index is 0.160. The number of fused-ring (bicyclic) bond motifs is 1. The molecule has 4 heterocycles. The van der Waals surface area contributed by atoms with Crippen molar-refractivity contribution in [2.75, 3.05) is 6.61 Å². The monoisotopic (exact) mass is 531 g/mol. The number of hydrogen-bond acceptors (Lipinski definition) is 6. The smallest absolute Gasteiger partial charge is 0.338 e. The number of esters is 1. The number of aromatic nitrogens is 2. The van der Waals surface area contributed by atoms with E-state index in [9.17, 15) is 9.59 Å². The van der Waals surface area contributed by atoms with Crippen molar-refractivity contribution < 1.29 is 9.53 Å². The topological polar surface area (TPSA) is 65.6 Å². The van der Waals surface area contributed by atoms with Gasteiger partial charge in [0.15, 0.2) is 4.80 Å². The molecule has 1 atom stereocenters. The molecule has 0 bridgehead atoms. The van der Waals surface area contributed by atoms with E-state index in [0.717, 1.165) is 27.5 Å². The molecule has 1 aromatic carbocycles. The molecule has 1 aliphatic heterocycles. The maximum Gasteiger partial charge on any atom is 0.338 e. The van der Waals surface area contributed by atoms with E-state index >= 15 is 0 Å². The Kier molecular flexibility index (Phi) is 6.64. The van der Waals surface area contributed by atoms with Crippen LogP contribution in [0.4, 0.5) is 0 Å². The number of benzene rings is 1. The standard InChI is InChI=1S/C29H29N3O3S2/c1-7-35-28(34)25-19(5)30-29-32(26(25)23-9-8-10-36-23)27(33)24(37-29)15-21-14-18(4)31(20(21)6)22-12-16(2)11-17(3)13-22/h8-15,26H,7H2,1-6H3/b24-15+/t26-/m0/s1. The fourth-order valence-electron chi connectivity index (χ4n) is 5.06. The van der Waals surface area contributed by atoms with Crippen LogP contribution in [0.3, 0.4) is 0 Å². The van der Waals surface area contributed by atoms with Crippen LogP contribution < -0.4 is 14.9 Å². The van der Waals surface area contributed by atoms with Gasteiger partial charge in [-0.15, -0.1) is 11.3 Å². The van der Waals surface area contributed by atoms with Crippen LogP contribution in [-0.4, -0.2) is 21.7 Å². The molecule has 0 unspecified atom stereocenters. The minimum atomic E-state index is -0.555. The average Bonchev–Trinajstić information content (AvgIpc) is 3.52. The molecule has 3 aromatic heterocycles.